The van der Waals surface area contributed by atoms with Crippen LogP contribution in [-0.4, -0.2) is 56.8 Å². The van der Waals surface area contributed by atoms with Crippen molar-refractivity contribution in [3.05, 3.63) is 22.8 Å². The van der Waals surface area contributed by atoms with Crippen LogP contribution in [0.15, 0.2) is 12.4 Å². The number of nitrogens with zero attached hydrogens (tertiary/aromatic N) is 5. The van der Waals surface area contributed by atoms with Gasteiger partial charge < -0.3 is 20.7 Å². The standard InChI is InChI=1S/C23H31N7O2S/c1-29(2)15-5-7-16(8-6-15)32-21-19-17-10-13(20(24)31)4-9-18(17)33-22(19)28-23(27-21)26-14-11-25-30(3)12-14/h11-13,15-16H,4-10H2,1-3H3,(H2,24,31)(H,26,27,28)/t13-,15-,16-/m1/s1. The van der Waals surface area contributed by atoms with Gasteiger partial charge >= 0.3 is 0 Å². The van der Waals surface area contributed by atoms with E-state index in [0.29, 0.717) is 24.3 Å². The van der Waals surface area contributed by atoms with E-state index in [2.05, 4.69) is 29.4 Å². The lowest BCUT2D eigenvalue weighted by atomic mass is 9.87. The van der Waals surface area contributed by atoms with E-state index in [1.807, 2.05) is 13.2 Å². The highest BCUT2D eigenvalue weighted by Gasteiger charge is 2.31. The lowest BCUT2D eigenvalue weighted by Gasteiger charge is -2.32. The summed E-state index contributed by atoms with van der Waals surface area (Å²) in [5.41, 5.74) is 7.61. The number of aromatic nitrogens is 4. The molecule has 10 heteroatoms. The second-order valence-corrected chi connectivity index (χ2v) is 10.5. The van der Waals surface area contributed by atoms with Gasteiger partial charge in [-0.3, -0.25) is 9.48 Å². The topological polar surface area (TPSA) is 111 Å². The molecule has 0 aliphatic heterocycles. The summed E-state index contributed by atoms with van der Waals surface area (Å²) in [7, 11) is 6.16. The Balaban J connectivity index is 1.49. The van der Waals surface area contributed by atoms with E-state index in [4.69, 9.17) is 20.4 Å². The van der Waals surface area contributed by atoms with Crippen LogP contribution in [0.5, 0.6) is 5.88 Å². The van der Waals surface area contributed by atoms with Crippen molar-refractivity contribution in [2.24, 2.45) is 18.7 Å². The Morgan fingerprint density at radius 2 is 2.03 bits per heavy atom. The monoisotopic (exact) mass is 469 g/mol. The largest absolute Gasteiger partial charge is 0.474 e. The van der Waals surface area contributed by atoms with Crippen molar-refractivity contribution in [2.45, 2.75) is 57.1 Å². The molecule has 9 nitrogen and oxygen atoms in total. The zero-order valence-electron chi connectivity index (χ0n) is 19.4. The van der Waals surface area contributed by atoms with Gasteiger partial charge in [-0.15, -0.1) is 11.3 Å². The minimum Gasteiger partial charge on any atom is -0.474 e. The highest BCUT2D eigenvalue weighted by Crippen LogP contribution is 2.42. The number of carbonyl (C=O) groups is 1. The van der Waals surface area contributed by atoms with E-state index in [9.17, 15) is 4.79 Å². The molecule has 33 heavy (non-hydrogen) atoms. The average molecular weight is 470 g/mol. The highest BCUT2D eigenvalue weighted by atomic mass is 32.1. The molecule has 1 saturated carbocycles. The van der Waals surface area contributed by atoms with Gasteiger partial charge in [-0.25, -0.2) is 4.98 Å². The van der Waals surface area contributed by atoms with E-state index in [0.717, 1.165) is 60.0 Å². The number of carbonyl (C=O) groups excluding carboxylic acids is 1. The molecule has 5 rings (SSSR count). The maximum absolute atomic E-state index is 11.9. The van der Waals surface area contributed by atoms with Gasteiger partial charge in [0, 0.05) is 30.1 Å². The number of hydrogen-bond donors (Lipinski definition) is 2. The summed E-state index contributed by atoms with van der Waals surface area (Å²) in [5, 5.41) is 8.43. The molecule has 1 amide bonds. The molecular weight excluding hydrogens is 438 g/mol. The molecule has 3 N–H and O–H groups in total. The number of primary amides is 1. The second kappa shape index (κ2) is 8.90. The lowest BCUT2D eigenvalue weighted by molar-refractivity contribution is -0.122. The van der Waals surface area contributed by atoms with Gasteiger partial charge in [0.2, 0.25) is 17.7 Å². The van der Waals surface area contributed by atoms with Crippen LogP contribution in [0.25, 0.3) is 10.2 Å². The van der Waals surface area contributed by atoms with Crippen molar-refractivity contribution in [1.82, 2.24) is 24.6 Å². The summed E-state index contributed by atoms with van der Waals surface area (Å²) in [5.74, 6) is 0.729. The molecular formula is C23H31N7O2S. The maximum Gasteiger partial charge on any atom is 0.232 e. The van der Waals surface area contributed by atoms with E-state index in [-0.39, 0.29) is 17.9 Å². The fourth-order valence-corrected chi connectivity index (χ4v) is 6.18. The van der Waals surface area contributed by atoms with Crippen LogP contribution in [0, 0.1) is 5.92 Å². The molecule has 1 fully saturated rings. The number of thiophene rings is 1. The molecule has 0 spiro atoms. The maximum atomic E-state index is 11.9. The Bertz CT molecular complexity index is 1160. The minimum atomic E-state index is -0.236. The van der Waals surface area contributed by atoms with Crippen molar-refractivity contribution in [2.75, 3.05) is 19.4 Å². The molecule has 3 heterocycles. The number of aryl methyl sites for hydroxylation is 2. The molecule has 0 bridgehead atoms. The number of nitrogens with one attached hydrogen (secondary N) is 1. The van der Waals surface area contributed by atoms with Gasteiger partial charge in [-0.05, 0) is 64.6 Å². The SMILES string of the molecule is Cn1cc(Nc2nc(O[C@H]3CC[C@H](N(C)C)CC3)c3c4c(sc3n2)CC[C@@H](C(N)=O)C4)cn1. The van der Waals surface area contributed by atoms with Crippen molar-refractivity contribution >= 4 is 39.1 Å². The Hall–Kier alpha value is -2.72. The Morgan fingerprint density at radius 3 is 2.70 bits per heavy atom. The Morgan fingerprint density at radius 1 is 1.24 bits per heavy atom. The average Bonchev–Trinajstić information content (AvgIpc) is 3.36. The first-order valence-corrected chi connectivity index (χ1v) is 12.4. The molecule has 3 aromatic rings. The van der Waals surface area contributed by atoms with Gasteiger partial charge in [0.15, 0.2) is 0 Å². The lowest BCUT2D eigenvalue weighted by Crippen LogP contribution is -2.35. The molecule has 2 aliphatic rings. The van der Waals surface area contributed by atoms with E-state index < -0.39 is 0 Å². The van der Waals surface area contributed by atoms with E-state index in [1.165, 1.54) is 4.88 Å². The number of rotatable bonds is 6. The van der Waals surface area contributed by atoms with Gasteiger partial charge in [-0.1, -0.05) is 0 Å². The van der Waals surface area contributed by atoms with Gasteiger partial charge in [0.1, 0.15) is 10.9 Å². The van der Waals surface area contributed by atoms with Gasteiger partial charge in [0.25, 0.3) is 0 Å². The van der Waals surface area contributed by atoms with E-state index in [1.54, 1.807) is 22.2 Å². The summed E-state index contributed by atoms with van der Waals surface area (Å²) < 4.78 is 8.29. The van der Waals surface area contributed by atoms with Crippen LogP contribution < -0.4 is 15.8 Å². The first kappa shape index (κ1) is 22.1. The third-order valence-electron chi connectivity index (χ3n) is 6.89. The predicted molar refractivity (Wildman–Crippen MR) is 129 cm³/mol. The molecule has 0 saturated heterocycles. The molecule has 0 unspecified atom stereocenters. The van der Waals surface area contributed by atoms with Crippen molar-refractivity contribution in [3.63, 3.8) is 0 Å². The van der Waals surface area contributed by atoms with Crippen LogP contribution in [0.3, 0.4) is 0 Å². The third kappa shape index (κ3) is 4.54. The van der Waals surface area contributed by atoms with Crippen LogP contribution >= 0.6 is 11.3 Å². The minimum absolute atomic E-state index is 0.122. The number of nitrogens with two attached hydrogens (primary N) is 1. The summed E-state index contributed by atoms with van der Waals surface area (Å²) in [6, 6.07) is 0.600. The van der Waals surface area contributed by atoms with Gasteiger partial charge in [-0.2, -0.15) is 10.1 Å². The summed E-state index contributed by atoms with van der Waals surface area (Å²) in [6.45, 7) is 0. The number of amides is 1. The number of fused-ring (bicyclic) bond motifs is 3. The van der Waals surface area contributed by atoms with Crippen LogP contribution in [0.1, 0.15) is 42.5 Å². The highest BCUT2D eigenvalue weighted by molar-refractivity contribution is 7.18. The van der Waals surface area contributed by atoms with E-state index >= 15 is 0 Å². The Labute approximate surface area is 197 Å². The van der Waals surface area contributed by atoms with Crippen LogP contribution in [0.2, 0.25) is 0 Å². The quantitative estimate of drug-likeness (QED) is 0.571. The number of anilines is 2. The fraction of sp³-hybridized carbons (Fsp3) is 0.565. The summed E-state index contributed by atoms with van der Waals surface area (Å²) >= 11 is 1.67. The van der Waals surface area contributed by atoms with Crippen molar-refractivity contribution in [3.8, 4) is 5.88 Å². The normalized spacial score (nSPS) is 23.0. The summed E-state index contributed by atoms with van der Waals surface area (Å²) in [6.07, 6.45) is 10.2. The van der Waals surface area contributed by atoms with Gasteiger partial charge in [0.05, 0.1) is 17.3 Å². The number of ether oxygens (including phenoxy) is 1. The number of hydrogen-bond acceptors (Lipinski definition) is 8. The smallest absolute Gasteiger partial charge is 0.232 e. The molecule has 2 aliphatic carbocycles. The molecule has 0 aromatic carbocycles. The predicted octanol–water partition coefficient (Wildman–Crippen LogP) is 3.01. The molecule has 3 aromatic heterocycles. The summed E-state index contributed by atoms with van der Waals surface area (Å²) in [4.78, 5) is 26.0. The van der Waals surface area contributed by atoms with Crippen LogP contribution in [-0.2, 0) is 24.7 Å². The molecule has 1 atom stereocenters. The fourth-order valence-electron chi connectivity index (χ4n) is 4.98. The third-order valence-corrected chi connectivity index (χ3v) is 8.07. The first-order chi connectivity index (χ1) is 15.9. The first-order valence-electron chi connectivity index (χ1n) is 11.6. The molecule has 176 valence electrons. The van der Waals surface area contributed by atoms with Crippen LogP contribution in [0.4, 0.5) is 11.6 Å². The van der Waals surface area contributed by atoms with Crippen molar-refractivity contribution in [1.29, 1.82) is 0 Å². The Kier molecular flexibility index (Phi) is 5.96. The van der Waals surface area contributed by atoms with Crippen molar-refractivity contribution < 1.29 is 9.53 Å². The zero-order chi connectivity index (χ0) is 23.1. The molecule has 0 radical (unpaired) electrons. The second-order valence-electron chi connectivity index (χ2n) is 9.42. The zero-order valence-corrected chi connectivity index (χ0v) is 20.2.